The molecule has 106 valence electrons. The Morgan fingerprint density at radius 1 is 1.21 bits per heavy atom. The molecule has 2 rings (SSSR count). The van der Waals surface area contributed by atoms with E-state index < -0.39 is 4.83 Å². The van der Waals surface area contributed by atoms with Crippen LogP contribution in [0.1, 0.15) is 0 Å². The zero-order valence-electron chi connectivity index (χ0n) is 11.6. The SMILES string of the molecule is CN1CCN(CC2=[N+](C)C(=O)N(C)C(=O)C2Br)CC1. The van der Waals surface area contributed by atoms with Gasteiger partial charge in [-0.1, -0.05) is 15.9 Å². The monoisotopic (exact) mass is 331 g/mol. The number of halogens is 1. The lowest BCUT2D eigenvalue weighted by Gasteiger charge is -2.33. The van der Waals surface area contributed by atoms with Crippen LogP contribution in [0.4, 0.5) is 4.79 Å². The molecule has 2 aliphatic rings. The van der Waals surface area contributed by atoms with Gasteiger partial charge in [-0.15, -0.1) is 0 Å². The molecule has 0 aromatic rings. The molecule has 0 aliphatic carbocycles. The molecule has 0 radical (unpaired) electrons. The molecule has 0 bridgehead atoms. The van der Waals surface area contributed by atoms with Gasteiger partial charge in [0.05, 0.1) is 20.6 Å². The molecule has 0 spiro atoms. The molecular weight excluding hydrogens is 312 g/mol. The largest absolute Gasteiger partial charge is 0.500 e. The van der Waals surface area contributed by atoms with E-state index >= 15 is 0 Å². The van der Waals surface area contributed by atoms with E-state index in [1.807, 2.05) is 0 Å². The molecule has 1 atom stereocenters. The van der Waals surface area contributed by atoms with Crippen LogP contribution >= 0.6 is 15.9 Å². The molecule has 0 aromatic carbocycles. The zero-order chi connectivity index (χ0) is 14.2. The number of hydrogen-bond acceptors (Lipinski definition) is 4. The van der Waals surface area contributed by atoms with E-state index in [2.05, 4.69) is 32.8 Å². The first-order chi connectivity index (χ1) is 8.91. The highest BCUT2D eigenvalue weighted by Gasteiger charge is 2.43. The first-order valence-corrected chi connectivity index (χ1v) is 7.29. The molecular formula is C12H20BrN4O2+. The van der Waals surface area contributed by atoms with E-state index in [0.29, 0.717) is 6.54 Å². The van der Waals surface area contributed by atoms with Crippen molar-refractivity contribution in [3.8, 4) is 0 Å². The topological polar surface area (TPSA) is 46.9 Å². The third kappa shape index (κ3) is 2.88. The summed E-state index contributed by atoms with van der Waals surface area (Å²) in [4.78, 5) is 29.2. The van der Waals surface area contributed by atoms with Crippen molar-refractivity contribution in [3.05, 3.63) is 0 Å². The Kier molecular flexibility index (Phi) is 4.37. The molecule has 1 fully saturated rings. The molecule has 3 amide bonds. The minimum Gasteiger partial charge on any atom is -0.304 e. The molecule has 1 unspecified atom stereocenters. The summed E-state index contributed by atoms with van der Waals surface area (Å²) in [6.45, 7) is 4.63. The minimum absolute atomic E-state index is 0.188. The summed E-state index contributed by atoms with van der Waals surface area (Å²) in [5, 5.41) is 0. The molecule has 2 heterocycles. The summed E-state index contributed by atoms with van der Waals surface area (Å²) in [6.07, 6.45) is 0. The van der Waals surface area contributed by atoms with Gasteiger partial charge in [-0.05, 0) is 7.05 Å². The maximum absolute atomic E-state index is 12.0. The van der Waals surface area contributed by atoms with Crippen LogP contribution in [0.25, 0.3) is 0 Å². The van der Waals surface area contributed by atoms with E-state index in [-0.39, 0.29) is 11.9 Å². The van der Waals surface area contributed by atoms with E-state index in [0.717, 1.165) is 36.8 Å². The van der Waals surface area contributed by atoms with Crippen molar-refractivity contribution in [2.75, 3.05) is 53.9 Å². The fourth-order valence-electron chi connectivity index (χ4n) is 2.35. The van der Waals surface area contributed by atoms with Gasteiger partial charge < -0.3 is 4.90 Å². The summed E-state index contributed by atoms with van der Waals surface area (Å²) in [7, 11) is 5.35. The van der Waals surface area contributed by atoms with Gasteiger partial charge in [0.25, 0.3) is 0 Å². The average Bonchev–Trinajstić information content (AvgIpc) is 2.41. The predicted octanol–water partition coefficient (Wildman–Crippen LogP) is -0.327. The molecule has 0 saturated carbocycles. The molecule has 19 heavy (non-hydrogen) atoms. The quantitative estimate of drug-likeness (QED) is 0.513. The van der Waals surface area contributed by atoms with Crippen molar-refractivity contribution in [1.29, 1.82) is 0 Å². The van der Waals surface area contributed by atoms with E-state index in [1.54, 1.807) is 11.6 Å². The number of imide groups is 1. The number of urea groups is 1. The third-order valence-electron chi connectivity index (χ3n) is 3.83. The molecule has 1 saturated heterocycles. The van der Waals surface area contributed by atoms with E-state index in [4.69, 9.17) is 0 Å². The number of alkyl halides is 1. The number of piperazine rings is 1. The first-order valence-electron chi connectivity index (χ1n) is 6.37. The Labute approximate surface area is 121 Å². The van der Waals surface area contributed by atoms with Crippen LogP contribution in [0.15, 0.2) is 0 Å². The summed E-state index contributed by atoms with van der Waals surface area (Å²) < 4.78 is 1.58. The van der Waals surface area contributed by atoms with Crippen molar-refractivity contribution < 1.29 is 14.2 Å². The van der Waals surface area contributed by atoms with Crippen LogP contribution < -0.4 is 0 Å². The predicted molar refractivity (Wildman–Crippen MR) is 76.0 cm³/mol. The maximum atomic E-state index is 12.0. The van der Waals surface area contributed by atoms with Crippen molar-refractivity contribution >= 4 is 33.6 Å². The third-order valence-corrected chi connectivity index (χ3v) is 4.75. The highest BCUT2D eigenvalue weighted by Crippen LogP contribution is 2.14. The van der Waals surface area contributed by atoms with Gasteiger partial charge in [-0.2, -0.15) is 14.3 Å². The highest BCUT2D eigenvalue weighted by atomic mass is 79.9. The fraction of sp³-hybridized carbons (Fsp3) is 0.750. The fourth-order valence-corrected chi connectivity index (χ4v) is 3.11. The Balaban J connectivity index is 2.13. The van der Waals surface area contributed by atoms with Gasteiger partial charge in [0.1, 0.15) is 5.71 Å². The number of hydrogen-bond donors (Lipinski definition) is 0. The standard InChI is InChI=1S/C12H20BrN4O2/c1-14-4-6-17(7-5-14)8-9-10(13)11(18)16(3)12(19)15(9)2/h10H,4-8H2,1-3H3/q+1. The Morgan fingerprint density at radius 2 is 1.79 bits per heavy atom. The summed E-state index contributed by atoms with van der Waals surface area (Å²) in [5.41, 5.74) is 0.831. The van der Waals surface area contributed by atoms with E-state index in [1.165, 1.54) is 7.05 Å². The highest BCUT2D eigenvalue weighted by molar-refractivity contribution is 9.10. The normalized spacial score (nSPS) is 27.4. The molecule has 0 N–H and O–H groups in total. The Bertz CT molecular complexity index is 429. The van der Waals surface area contributed by atoms with Crippen molar-refractivity contribution in [3.63, 3.8) is 0 Å². The second kappa shape index (κ2) is 5.68. The van der Waals surface area contributed by atoms with Gasteiger partial charge in [0.15, 0.2) is 4.83 Å². The Morgan fingerprint density at radius 3 is 2.37 bits per heavy atom. The van der Waals surface area contributed by atoms with Gasteiger partial charge in [-0.25, -0.2) is 4.79 Å². The van der Waals surface area contributed by atoms with Crippen molar-refractivity contribution in [2.45, 2.75) is 4.83 Å². The average molecular weight is 332 g/mol. The van der Waals surface area contributed by atoms with Gasteiger partial charge in [0, 0.05) is 26.2 Å². The number of likely N-dealkylation sites (N-methyl/N-ethyl adjacent to an activating group) is 1. The van der Waals surface area contributed by atoms with Gasteiger partial charge >= 0.3 is 11.9 Å². The number of carbonyl (C=O) groups is 2. The smallest absolute Gasteiger partial charge is 0.304 e. The lowest BCUT2D eigenvalue weighted by atomic mass is 10.1. The Hall–Kier alpha value is -0.790. The zero-order valence-corrected chi connectivity index (χ0v) is 13.2. The maximum Gasteiger partial charge on any atom is 0.500 e. The number of amides is 3. The van der Waals surface area contributed by atoms with Crippen LogP contribution in [0.5, 0.6) is 0 Å². The lowest BCUT2D eigenvalue weighted by molar-refractivity contribution is -0.406. The first kappa shape index (κ1) is 14.6. The second-order valence-corrected chi connectivity index (χ2v) is 6.09. The molecule has 6 nitrogen and oxygen atoms in total. The molecule has 2 aliphatic heterocycles. The van der Waals surface area contributed by atoms with Crippen molar-refractivity contribution in [2.24, 2.45) is 0 Å². The van der Waals surface area contributed by atoms with Crippen LogP contribution in [-0.4, -0.2) is 95.6 Å². The van der Waals surface area contributed by atoms with Crippen molar-refractivity contribution in [1.82, 2.24) is 14.7 Å². The lowest BCUT2D eigenvalue weighted by Crippen LogP contribution is -2.57. The van der Waals surface area contributed by atoms with Crippen LogP contribution in [0.3, 0.4) is 0 Å². The summed E-state index contributed by atoms with van der Waals surface area (Å²) in [6, 6.07) is -0.259. The van der Waals surface area contributed by atoms with Crippen LogP contribution in [0.2, 0.25) is 0 Å². The number of nitrogens with zero attached hydrogens (tertiary/aromatic N) is 4. The van der Waals surface area contributed by atoms with Crippen LogP contribution in [-0.2, 0) is 4.79 Å². The number of rotatable bonds is 2. The van der Waals surface area contributed by atoms with Gasteiger partial charge in [0.2, 0.25) is 0 Å². The summed E-state index contributed by atoms with van der Waals surface area (Å²) >= 11 is 3.41. The van der Waals surface area contributed by atoms with Crippen LogP contribution in [0, 0.1) is 0 Å². The minimum atomic E-state index is -0.403. The molecule has 7 heteroatoms. The number of carbonyl (C=O) groups excluding carboxylic acids is 2. The van der Waals surface area contributed by atoms with Gasteiger partial charge in [-0.3, -0.25) is 4.90 Å². The second-order valence-electron chi connectivity index (χ2n) is 5.17. The van der Waals surface area contributed by atoms with E-state index in [9.17, 15) is 9.59 Å². The molecule has 0 aromatic heterocycles. The summed E-state index contributed by atoms with van der Waals surface area (Å²) in [5.74, 6) is -0.188.